The van der Waals surface area contributed by atoms with Crippen molar-refractivity contribution < 1.29 is 12.8 Å². The largest absolute Gasteiger partial charge is 0.447 e. The quantitative estimate of drug-likeness (QED) is 0.728. The molecule has 5 nitrogen and oxygen atoms in total. The third-order valence-electron chi connectivity index (χ3n) is 1.82. The molecule has 0 saturated carbocycles. The zero-order chi connectivity index (χ0) is 12.2. The molecule has 1 aromatic heterocycles. The van der Waals surface area contributed by atoms with Gasteiger partial charge >= 0.3 is 0 Å². The zero-order valence-corrected chi connectivity index (χ0v) is 10.2. The molecule has 0 fully saturated rings. The standard InChI is InChI=1S/C10H16N2O3S/c1-8(2)6-12-16(13,14)10-5-4-9(15-10)7-11-3/h4-5,11-12H,1,6-7H2,2-3H3. The first-order valence-electron chi connectivity index (χ1n) is 4.83. The van der Waals surface area contributed by atoms with Crippen LogP contribution in [0.4, 0.5) is 0 Å². The smallest absolute Gasteiger partial charge is 0.274 e. The Hall–Kier alpha value is -1.11. The Bertz CT molecular complexity index is 462. The second-order valence-electron chi connectivity index (χ2n) is 3.53. The zero-order valence-electron chi connectivity index (χ0n) is 9.41. The molecule has 0 radical (unpaired) electrons. The number of rotatable bonds is 6. The fourth-order valence-corrected chi connectivity index (χ4v) is 2.10. The molecular formula is C10H16N2O3S. The highest BCUT2D eigenvalue weighted by Gasteiger charge is 2.17. The molecule has 0 aliphatic rings. The second kappa shape index (κ2) is 5.29. The topological polar surface area (TPSA) is 71.3 Å². The van der Waals surface area contributed by atoms with Gasteiger partial charge < -0.3 is 9.73 Å². The van der Waals surface area contributed by atoms with Crippen LogP contribution in [0, 0.1) is 0 Å². The van der Waals surface area contributed by atoms with Gasteiger partial charge in [-0.1, -0.05) is 12.2 Å². The molecule has 0 aliphatic carbocycles. The van der Waals surface area contributed by atoms with E-state index in [1.165, 1.54) is 6.07 Å². The fourth-order valence-electron chi connectivity index (χ4n) is 1.06. The third kappa shape index (κ3) is 3.48. The molecule has 90 valence electrons. The summed E-state index contributed by atoms with van der Waals surface area (Å²) < 4.78 is 30.9. The van der Waals surface area contributed by atoms with Crippen molar-refractivity contribution in [1.82, 2.24) is 10.0 Å². The SMILES string of the molecule is C=C(C)CNS(=O)(=O)c1ccc(CNC)o1. The van der Waals surface area contributed by atoms with Crippen molar-refractivity contribution in [3.63, 3.8) is 0 Å². The fraction of sp³-hybridized carbons (Fsp3) is 0.400. The van der Waals surface area contributed by atoms with Gasteiger partial charge in [-0.3, -0.25) is 0 Å². The molecule has 1 heterocycles. The van der Waals surface area contributed by atoms with E-state index >= 15 is 0 Å². The van der Waals surface area contributed by atoms with E-state index in [1.807, 2.05) is 0 Å². The van der Waals surface area contributed by atoms with Crippen molar-refractivity contribution in [3.05, 3.63) is 30.0 Å². The second-order valence-corrected chi connectivity index (χ2v) is 5.23. The van der Waals surface area contributed by atoms with Crippen LogP contribution in [-0.2, 0) is 16.6 Å². The van der Waals surface area contributed by atoms with Crippen LogP contribution in [-0.4, -0.2) is 22.0 Å². The molecule has 1 aromatic rings. The van der Waals surface area contributed by atoms with E-state index < -0.39 is 10.0 Å². The summed E-state index contributed by atoms with van der Waals surface area (Å²) in [4.78, 5) is 0. The van der Waals surface area contributed by atoms with E-state index in [0.29, 0.717) is 12.3 Å². The van der Waals surface area contributed by atoms with Crippen LogP contribution in [0.3, 0.4) is 0 Å². The summed E-state index contributed by atoms with van der Waals surface area (Å²) in [7, 11) is -1.80. The number of nitrogens with one attached hydrogen (secondary N) is 2. The number of sulfonamides is 1. The highest BCUT2D eigenvalue weighted by atomic mass is 32.2. The maximum atomic E-state index is 11.7. The molecule has 0 atom stereocenters. The number of furan rings is 1. The van der Waals surface area contributed by atoms with Gasteiger partial charge in [-0.25, -0.2) is 13.1 Å². The van der Waals surface area contributed by atoms with Crippen molar-refractivity contribution in [2.24, 2.45) is 0 Å². The summed E-state index contributed by atoms with van der Waals surface area (Å²) in [5, 5.41) is 2.81. The van der Waals surface area contributed by atoms with Crippen molar-refractivity contribution in [2.75, 3.05) is 13.6 Å². The molecule has 0 saturated heterocycles. The summed E-state index contributed by atoms with van der Waals surface area (Å²) in [5.41, 5.74) is 0.741. The average Bonchev–Trinajstić information content (AvgIpc) is 2.65. The van der Waals surface area contributed by atoms with Gasteiger partial charge in [0.15, 0.2) is 0 Å². The van der Waals surface area contributed by atoms with Crippen molar-refractivity contribution >= 4 is 10.0 Å². The van der Waals surface area contributed by atoms with Gasteiger partial charge in [0.1, 0.15) is 5.76 Å². The summed E-state index contributed by atoms with van der Waals surface area (Å²) in [6.45, 7) is 6.07. The van der Waals surface area contributed by atoms with E-state index in [-0.39, 0.29) is 11.6 Å². The first kappa shape index (κ1) is 13.0. The van der Waals surface area contributed by atoms with Gasteiger partial charge in [0.2, 0.25) is 5.09 Å². The molecule has 0 amide bonds. The summed E-state index contributed by atoms with van der Waals surface area (Å²) in [6.07, 6.45) is 0. The van der Waals surface area contributed by atoms with Crippen molar-refractivity contribution in [1.29, 1.82) is 0 Å². The molecule has 0 bridgehead atoms. The van der Waals surface area contributed by atoms with E-state index in [2.05, 4.69) is 16.6 Å². The molecule has 0 aromatic carbocycles. The Labute approximate surface area is 95.6 Å². The highest BCUT2D eigenvalue weighted by Crippen LogP contribution is 2.13. The number of hydrogen-bond donors (Lipinski definition) is 2. The Kier molecular flexibility index (Phi) is 4.28. The van der Waals surface area contributed by atoms with E-state index in [0.717, 1.165) is 5.57 Å². The van der Waals surface area contributed by atoms with Gasteiger partial charge in [-0.05, 0) is 26.1 Å². The van der Waals surface area contributed by atoms with Crippen LogP contribution in [0.25, 0.3) is 0 Å². The molecule has 0 unspecified atom stereocenters. The molecule has 0 aliphatic heterocycles. The summed E-state index contributed by atoms with van der Waals surface area (Å²) >= 11 is 0. The first-order chi connectivity index (χ1) is 7.45. The minimum Gasteiger partial charge on any atom is -0.447 e. The highest BCUT2D eigenvalue weighted by molar-refractivity contribution is 7.89. The molecule has 0 spiro atoms. The average molecular weight is 244 g/mol. The maximum absolute atomic E-state index is 11.7. The summed E-state index contributed by atoms with van der Waals surface area (Å²) in [5.74, 6) is 0.582. The van der Waals surface area contributed by atoms with Gasteiger partial charge in [0.25, 0.3) is 10.0 Å². The third-order valence-corrected chi connectivity index (χ3v) is 3.09. The minimum atomic E-state index is -3.56. The van der Waals surface area contributed by atoms with E-state index in [4.69, 9.17) is 4.42 Å². The van der Waals surface area contributed by atoms with Crippen LogP contribution in [0.15, 0.2) is 33.8 Å². The van der Waals surface area contributed by atoms with Crippen LogP contribution in [0.5, 0.6) is 0 Å². The van der Waals surface area contributed by atoms with Crippen LogP contribution >= 0.6 is 0 Å². The molecule has 6 heteroatoms. The lowest BCUT2D eigenvalue weighted by Crippen LogP contribution is -2.24. The van der Waals surface area contributed by atoms with Gasteiger partial charge in [-0.15, -0.1) is 0 Å². The Morgan fingerprint density at radius 1 is 1.50 bits per heavy atom. The Morgan fingerprint density at radius 3 is 2.75 bits per heavy atom. The predicted molar refractivity (Wildman–Crippen MR) is 61.5 cm³/mol. The van der Waals surface area contributed by atoms with Crippen LogP contribution in [0.1, 0.15) is 12.7 Å². The lowest BCUT2D eigenvalue weighted by molar-refractivity contribution is 0.405. The first-order valence-corrected chi connectivity index (χ1v) is 6.31. The Balaban J connectivity index is 2.77. The van der Waals surface area contributed by atoms with Crippen LogP contribution < -0.4 is 10.0 Å². The number of hydrogen-bond acceptors (Lipinski definition) is 4. The van der Waals surface area contributed by atoms with Crippen LogP contribution in [0.2, 0.25) is 0 Å². The lowest BCUT2D eigenvalue weighted by Gasteiger charge is -2.03. The molecule has 1 rings (SSSR count). The molecule has 16 heavy (non-hydrogen) atoms. The van der Waals surface area contributed by atoms with E-state index in [1.54, 1.807) is 20.0 Å². The van der Waals surface area contributed by atoms with Crippen molar-refractivity contribution in [3.8, 4) is 0 Å². The molecular weight excluding hydrogens is 228 g/mol. The molecule has 2 N–H and O–H groups in total. The Morgan fingerprint density at radius 2 is 2.19 bits per heavy atom. The van der Waals surface area contributed by atoms with Gasteiger partial charge in [0.05, 0.1) is 6.54 Å². The van der Waals surface area contributed by atoms with Crippen molar-refractivity contribution in [2.45, 2.75) is 18.6 Å². The van der Waals surface area contributed by atoms with Gasteiger partial charge in [-0.2, -0.15) is 0 Å². The lowest BCUT2D eigenvalue weighted by atomic mass is 10.4. The minimum absolute atomic E-state index is 0.0704. The predicted octanol–water partition coefficient (Wildman–Crippen LogP) is 0.853. The van der Waals surface area contributed by atoms with Gasteiger partial charge in [0, 0.05) is 6.54 Å². The monoisotopic (exact) mass is 244 g/mol. The maximum Gasteiger partial charge on any atom is 0.274 e. The summed E-state index contributed by atoms with van der Waals surface area (Å²) in [6, 6.07) is 3.07. The normalized spacial score (nSPS) is 11.6. The van der Waals surface area contributed by atoms with E-state index in [9.17, 15) is 8.42 Å².